The molecule has 2 heterocycles. The van der Waals surface area contributed by atoms with Crippen molar-refractivity contribution < 1.29 is 9.59 Å². The van der Waals surface area contributed by atoms with E-state index >= 15 is 0 Å². The summed E-state index contributed by atoms with van der Waals surface area (Å²) >= 11 is 6.50. The van der Waals surface area contributed by atoms with E-state index in [-0.39, 0.29) is 24.7 Å². The molecule has 1 aliphatic rings. The van der Waals surface area contributed by atoms with Gasteiger partial charge in [-0.05, 0) is 18.6 Å². The van der Waals surface area contributed by atoms with Crippen molar-refractivity contribution >= 4 is 45.7 Å². The maximum absolute atomic E-state index is 11.7. The summed E-state index contributed by atoms with van der Waals surface area (Å²) in [5.74, 6) is -0.338. The normalized spacial score (nSPS) is 15.3. The number of aromatic nitrogens is 1. The molecule has 0 saturated carbocycles. The van der Waals surface area contributed by atoms with Crippen molar-refractivity contribution in [1.29, 1.82) is 0 Å². The summed E-state index contributed by atoms with van der Waals surface area (Å²) in [5, 5.41) is 0.618. The van der Waals surface area contributed by atoms with E-state index in [2.05, 4.69) is 4.98 Å². The number of carbonyl (C=O) groups excluding carboxylic acids is 2. The number of imide groups is 1. The number of anilines is 1. The van der Waals surface area contributed by atoms with Crippen LogP contribution in [-0.4, -0.2) is 21.0 Å². The van der Waals surface area contributed by atoms with Crippen LogP contribution in [0.1, 0.15) is 26.2 Å². The van der Waals surface area contributed by atoms with E-state index in [1.165, 1.54) is 16.7 Å². The molecule has 94 valence electrons. The van der Waals surface area contributed by atoms with E-state index in [1.54, 1.807) is 18.3 Å². The number of hydrogen-bond acceptors (Lipinski definition) is 5. The fraction of sp³-hybridized carbons (Fsp3) is 0.333. The monoisotopic (exact) mass is 280 g/mol. The molecule has 0 bridgehead atoms. The zero-order chi connectivity index (χ0) is 13.1. The number of nitrogens with zero attached hydrogens (tertiary/aromatic N) is 2. The van der Waals surface area contributed by atoms with Crippen molar-refractivity contribution in [2.24, 2.45) is 0 Å². The topological polar surface area (TPSA) is 50.3 Å². The predicted molar refractivity (Wildman–Crippen MR) is 74.7 cm³/mol. The fourth-order valence-corrected chi connectivity index (χ4v) is 2.63. The average Bonchev–Trinajstić information content (AvgIpc) is 2.70. The van der Waals surface area contributed by atoms with Crippen LogP contribution in [0.3, 0.4) is 0 Å². The molecule has 0 spiro atoms. The Bertz CT molecular complexity index is 501. The molecule has 1 saturated heterocycles. The van der Waals surface area contributed by atoms with Crippen molar-refractivity contribution in [2.75, 3.05) is 4.90 Å². The Kier molecular flexibility index (Phi) is 4.08. The van der Waals surface area contributed by atoms with Crippen LogP contribution in [-0.2, 0) is 9.59 Å². The number of hydrogen-bond donors (Lipinski definition) is 0. The summed E-state index contributed by atoms with van der Waals surface area (Å²) in [5.41, 5.74) is 0.547. The van der Waals surface area contributed by atoms with Gasteiger partial charge in [0.05, 0.1) is 9.88 Å². The van der Waals surface area contributed by atoms with Gasteiger partial charge in [0.25, 0.3) is 0 Å². The maximum Gasteiger partial charge on any atom is 0.234 e. The van der Waals surface area contributed by atoms with E-state index < -0.39 is 0 Å². The van der Waals surface area contributed by atoms with Gasteiger partial charge in [0.15, 0.2) is 0 Å². The number of amides is 2. The molecule has 1 aromatic rings. The van der Waals surface area contributed by atoms with E-state index in [4.69, 9.17) is 12.2 Å². The molecule has 1 aromatic heterocycles. The number of pyridine rings is 1. The Morgan fingerprint density at radius 2 is 2.11 bits per heavy atom. The van der Waals surface area contributed by atoms with Crippen LogP contribution in [0.15, 0.2) is 23.4 Å². The summed E-state index contributed by atoms with van der Waals surface area (Å²) in [6.45, 7) is 1.96. The first-order chi connectivity index (χ1) is 8.63. The molecular weight excluding hydrogens is 268 g/mol. The SMILES string of the molecule is CCC(=S)Sc1ncccc1N1C(=O)CCC1=O. The van der Waals surface area contributed by atoms with E-state index in [9.17, 15) is 9.59 Å². The van der Waals surface area contributed by atoms with Gasteiger partial charge >= 0.3 is 0 Å². The van der Waals surface area contributed by atoms with Gasteiger partial charge in [-0.3, -0.25) is 9.59 Å². The molecule has 2 rings (SSSR count). The highest BCUT2D eigenvalue weighted by molar-refractivity contribution is 8.23. The molecule has 4 nitrogen and oxygen atoms in total. The maximum atomic E-state index is 11.7. The lowest BCUT2D eigenvalue weighted by Gasteiger charge is -2.16. The Balaban J connectivity index is 2.35. The minimum absolute atomic E-state index is 0.169. The van der Waals surface area contributed by atoms with E-state index in [1.807, 2.05) is 6.92 Å². The van der Waals surface area contributed by atoms with Crippen molar-refractivity contribution in [2.45, 2.75) is 31.2 Å². The lowest BCUT2D eigenvalue weighted by Crippen LogP contribution is -2.29. The Morgan fingerprint density at radius 1 is 1.44 bits per heavy atom. The molecule has 18 heavy (non-hydrogen) atoms. The Morgan fingerprint density at radius 3 is 2.72 bits per heavy atom. The van der Waals surface area contributed by atoms with E-state index in [0.29, 0.717) is 10.7 Å². The van der Waals surface area contributed by atoms with Crippen LogP contribution in [0, 0.1) is 0 Å². The lowest BCUT2D eigenvalue weighted by atomic mass is 10.4. The first-order valence-corrected chi connectivity index (χ1v) is 6.87. The molecular formula is C12H12N2O2S2. The second kappa shape index (κ2) is 5.58. The molecule has 0 aliphatic carbocycles. The molecule has 0 N–H and O–H groups in total. The quantitative estimate of drug-likeness (QED) is 0.484. The number of carbonyl (C=O) groups is 2. The van der Waals surface area contributed by atoms with Gasteiger partial charge in [-0.25, -0.2) is 9.88 Å². The van der Waals surface area contributed by atoms with E-state index in [0.717, 1.165) is 10.6 Å². The average molecular weight is 280 g/mol. The minimum Gasteiger partial charge on any atom is -0.274 e. The largest absolute Gasteiger partial charge is 0.274 e. The zero-order valence-corrected chi connectivity index (χ0v) is 11.5. The van der Waals surface area contributed by atoms with Crippen molar-refractivity contribution in [3.63, 3.8) is 0 Å². The van der Waals surface area contributed by atoms with Crippen molar-refractivity contribution in [3.8, 4) is 0 Å². The summed E-state index contributed by atoms with van der Waals surface area (Å²) in [4.78, 5) is 28.9. The second-order valence-electron chi connectivity index (χ2n) is 3.78. The lowest BCUT2D eigenvalue weighted by molar-refractivity contribution is -0.121. The molecule has 0 atom stereocenters. The van der Waals surface area contributed by atoms with Crippen LogP contribution in [0.5, 0.6) is 0 Å². The summed E-state index contributed by atoms with van der Waals surface area (Å²) in [7, 11) is 0. The van der Waals surface area contributed by atoms with Crippen LogP contribution in [0.25, 0.3) is 0 Å². The number of thiocarbonyl (C=S) groups is 1. The third-order valence-corrected chi connectivity index (χ3v) is 4.11. The molecule has 1 fully saturated rings. The number of rotatable bonds is 3. The van der Waals surface area contributed by atoms with Crippen LogP contribution < -0.4 is 4.90 Å². The summed E-state index contributed by atoms with van der Waals surface area (Å²) < 4.78 is 0.786. The zero-order valence-electron chi connectivity index (χ0n) is 9.88. The van der Waals surface area contributed by atoms with Gasteiger partial charge in [0.2, 0.25) is 11.8 Å². The van der Waals surface area contributed by atoms with Gasteiger partial charge in [0, 0.05) is 19.0 Å². The van der Waals surface area contributed by atoms with Gasteiger partial charge < -0.3 is 0 Å². The summed E-state index contributed by atoms with van der Waals surface area (Å²) in [6.07, 6.45) is 2.93. The highest BCUT2D eigenvalue weighted by Gasteiger charge is 2.32. The Labute approximate surface area is 115 Å². The van der Waals surface area contributed by atoms with Gasteiger partial charge in [-0.15, -0.1) is 0 Å². The van der Waals surface area contributed by atoms with Crippen LogP contribution in [0.4, 0.5) is 5.69 Å². The van der Waals surface area contributed by atoms with Crippen molar-refractivity contribution in [1.82, 2.24) is 4.98 Å². The number of thioether (sulfide) groups is 1. The Hall–Kier alpha value is -1.27. The first kappa shape index (κ1) is 13.2. The third-order valence-electron chi connectivity index (χ3n) is 2.54. The molecule has 0 unspecified atom stereocenters. The molecule has 0 aromatic carbocycles. The molecule has 2 amide bonds. The van der Waals surface area contributed by atoms with Crippen LogP contribution >= 0.6 is 24.0 Å². The first-order valence-electron chi connectivity index (χ1n) is 5.65. The summed E-state index contributed by atoms with van der Waals surface area (Å²) in [6, 6.07) is 3.45. The predicted octanol–water partition coefficient (Wildman–Crippen LogP) is 2.56. The second-order valence-corrected chi connectivity index (χ2v) is 5.61. The van der Waals surface area contributed by atoms with Gasteiger partial charge in [0.1, 0.15) is 5.03 Å². The highest BCUT2D eigenvalue weighted by Crippen LogP contribution is 2.32. The third kappa shape index (κ3) is 2.59. The van der Waals surface area contributed by atoms with Crippen molar-refractivity contribution in [3.05, 3.63) is 18.3 Å². The smallest absolute Gasteiger partial charge is 0.234 e. The van der Waals surface area contributed by atoms with Gasteiger partial charge in [-0.2, -0.15) is 0 Å². The molecule has 1 aliphatic heterocycles. The molecule has 6 heteroatoms. The minimum atomic E-state index is -0.169. The molecule has 0 radical (unpaired) electrons. The van der Waals surface area contributed by atoms with Gasteiger partial charge in [-0.1, -0.05) is 30.9 Å². The van der Waals surface area contributed by atoms with Crippen LogP contribution in [0.2, 0.25) is 0 Å². The highest BCUT2D eigenvalue weighted by atomic mass is 32.2. The fourth-order valence-electron chi connectivity index (χ4n) is 1.66. The standard InChI is InChI=1S/C12H12N2O2S2/c1-2-11(17)18-12-8(4-3-7-13-12)14-9(15)5-6-10(14)16/h3-4,7H,2,5-6H2,1H3.